The third kappa shape index (κ3) is 3.33. The molecule has 84 valence electrons. The molecular formula is C14H16ClP. The summed E-state index contributed by atoms with van der Waals surface area (Å²) in [5.41, 5.74) is 1.47. The predicted molar refractivity (Wildman–Crippen MR) is 77.1 cm³/mol. The Morgan fingerprint density at radius 1 is 0.875 bits per heavy atom. The summed E-state index contributed by atoms with van der Waals surface area (Å²) in [5, 5.41) is 2.89. The molecule has 2 rings (SSSR count). The molecule has 1 unspecified atom stereocenters. The lowest BCUT2D eigenvalue weighted by Crippen LogP contribution is -2.07. The molecule has 0 aliphatic carbocycles. The second-order valence-electron chi connectivity index (χ2n) is 3.50. The monoisotopic (exact) mass is 250 g/mol. The van der Waals surface area contributed by atoms with Gasteiger partial charge in [0.1, 0.15) is 0 Å². The van der Waals surface area contributed by atoms with Gasteiger partial charge >= 0.3 is 0 Å². The predicted octanol–water partition coefficient (Wildman–Crippen LogP) is 3.30. The van der Waals surface area contributed by atoms with Crippen molar-refractivity contribution in [3.8, 4) is 0 Å². The van der Waals surface area contributed by atoms with Crippen molar-refractivity contribution in [2.75, 3.05) is 0 Å². The topological polar surface area (TPSA) is 0 Å². The van der Waals surface area contributed by atoms with Crippen LogP contribution in [0.4, 0.5) is 0 Å². The van der Waals surface area contributed by atoms with Crippen molar-refractivity contribution in [3.05, 3.63) is 60.2 Å². The summed E-state index contributed by atoms with van der Waals surface area (Å²) in [6.07, 6.45) is 1.12. The second-order valence-corrected chi connectivity index (χ2v) is 4.87. The summed E-state index contributed by atoms with van der Waals surface area (Å²) >= 11 is 0. The summed E-state index contributed by atoms with van der Waals surface area (Å²) in [6.45, 7) is 2.22. The molecule has 2 heteroatoms. The van der Waals surface area contributed by atoms with E-state index in [-0.39, 0.29) is 12.4 Å². The van der Waals surface area contributed by atoms with E-state index < -0.39 is 0 Å². The van der Waals surface area contributed by atoms with Crippen molar-refractivity contribution in [2.24, 2.45) is 0 Å². The van der Waals surface area contributed by atoms with Gasteiger partial charge in [0.05, 0.1) is 0 Å². The van der Waals surface area contributed by atoms with E-state index in [2.05, 4.69) is 61.5 Å². The Labute approximate surface area is 105 Å². The van der Waals surface area contributed by atoms with Crippen molar-refractivity contribution in [1.29, 1.82) is 0 Å². The normalized spacial score (nSPS) is 10.3. The van der Waals surface area contributed by atoms with Crippen molar-refractivity contribution in [3.63, 3.8) is 0 Å². The van der Waals surface area contributed by atoms with Gasteiger partial charge in [-0.15, -0.1) is 12.4 Å². The van der Waals surface area contributed by atoms with Crippen molar-refractivity contribution in [2.45, 2.75) is 13.3 Å². The maximum atomic E-state index is 2.24. The standard InChI is InChI=1S/C14H15P.ClH/c1-2-12-8-6-7-11-14(12)15-13-9-4-3-5-10-13;/h3-11,15H,2H2,1H3;1H. The van der Waals surface area contributed by atoms with E-state index in [0.29, 0.717) is 0 Å². The van der Waals surface area contributed by atoms with Gasteiger partial charge in [0.25, 0.3) is 0 Å². The Morgan fingerprint density at radius 3 is 2.19 bits per heavy atom. The summed E-state index contributed by atoms with van der Waals surface area (Å²) in [5.74, 6) is 0. The molecule has 0 aromatic heterocycles. The molecule has 0 saturated carbocycles. The average molecular weight is 251 g/mol. The minimum atomic E-state index is 0. The average Bonchev–Trinajstić information content (AvgIpc) is 2.31. The van der Waals surface area contributed by atoms with E-state index in [1.807, 2.05) is 0 Å². The van der Waals surface area contributed by atoms with Crippen LogP contribution in [-0.2, 0) is 6.42 Å². The summed E-state index contributed by atoms with van der Waals surface area (Å²) in [4.78, 5) is 0. The fourth-order valence-electron chi connectivity index (χ4n) is 1.63. The molecule has 0 nitrogen and oxygen atoms in total. The minimum Gasteiger partial charge on any atom is -0.147 e. The van der Waals surface area contributed by atoms with Gasteiger partial charge in [-0.25, -0.2) is 0 Å². The Balaban J connectivity index is 0.00000128. The number of aryl methyl sites for hydroxylation is 1. The first kappa shape index (κ1) is 13.2. The highest BCUT2D eigenvalue weighted by Gasteiger charge is 2.00. The first-order valence-corrected chi connectivity index (χ1v) is 6.30. The van der Waals surface area contributed by atoms with Gasteiger partial charge in [-0.2, -0.15) is 0 Å². The molecule has 0 aliphatic rings. The molecule has 0 heterocycles. The van der Waals surface area contributed by atoms with Gasteiger partial charge in [0, 0.05) is 0 Å². The maximum absolute atomic E-state index is 2.24. The third-order valence-corrected chi connectivity index (χ3v) is 3.83. The van der Waals surface area contributed by atoms with Crippen LogP contribution in [0.3, 0.4) is 0 Å². The second kappa shape index (κ2) is 6.68. The first-order chi connectivity index (χ1) is 7.40. The van der Waals surface area contributed by atoms with Crippen LogP contribution in [-0.4, -0.2) is 0 Å². The van der Waals surface area contributed by atoms with Gasteiger partial charge in [0.15, 0.2) is 0 Å². The highest BCUT2D eigenvalue weighted by molar-refractivity contribution is 7.55. The van der Waals surface area contributed by atoms with Crippen molar-refractivity contribution < 1.29 is 0 Å². The van der Waals surface area contributed by atoms with Crippen molar-refractivity contribution >= 4 is 31.6 Å². The molecule has 0 saturated heterocycles. The molecule has 2 aromatic rings. The van der Waals surface area contributed by atoms with Crippen LogP contribution in [0.25, 0.3) is 0 Å². The smallest absolute Gasteiger partial charge is 0.0194 e. The summed E-state index contributed by atoms with van der Waals surface area (Å²) in [7, 11) is 0.782. The van der Waals surface area contributed by atoms with E-state index >= 15 is 0 Å². The molecular weight excluding hydrogens is 235 g/mol. The van der Waals surface area contributed by atoms with E-state index in [1.54, 1.807) is 0 Å². The molecule has 16 heavy (non-hydrogen) atoms. The lowest BCUT2D eigenvalue weighted by atomic mass is 10.2. The number of hydrogen-bond donors (Lipinski definition) is 0. The fourth-order valence-corrected chi connectivity index (χ4v) is 2.90. The molecule has 2 aromatic carbocycles. The number of halogens is 1. The quantitative estimate of drug-likeness (QED) is 0.734. The molecule has 0 N–H and O–H groups in total. The van der Waals surface area contributed by atoms with Gasteiger partial charge in [-0.1, -0.05) is 70.1 Å². The number of hydrogen-bond acceptors (Lipinski definition) is 0. The molecule has 0 fully saturated rings. The van der Waals surface area contributed by atoms with E-state index in [1.165, 1.54) is 16.2 Å². The Morgan fingerprint density at radius 2 is 1.50 bits per heavy atom. The minimum absolute atomic E-state index is 0. The molecule has 0 aliphatic heterocycles. The van der Waals surface area contributed by atoms with Crippen LogP contribution in [0.2, 0.25) is 0 Å². The summed E-state index contributed by atoms with van der Waals surface area (Å²) in [6, 6.07) is 19.4. The van der Waals surface area contributed by atoms with E-state index in [0.717, 1.165) is 15.0 Å². The zero-order chi connectivity index (χ0) is 10.5. The van der Waals surface area contributed by atoms with Gasteiger partial charge in [-0.3, -0.25) is 0 Å². The largest absolute Gasteiger partial charge is 0.147 e. The van der Waals surface area contributed by atoms with Crippen LogP contribution >= 0.6 is 21.0 Å². The first-order valence-electron chi connectivity index (χ1n) is 5.30. The lowest BCUT2D eigenvalue weighted by Gasteiger charge is -2.07. The van der Waals surface area contributed by atoms with E-state index in [4.69, 9.17) is 0 Å². The van der Waals surface area contributed by atoms with Crippen LogP contribution in [0.1, 0.15) is 12.5 Å². The zero-order valence-electron chi connectivity index (χ0n) is 9.31. The van der Waals surface area contributed by atoms with Crippen LogP contribution < -0.4 is 10.6 Å². The van der Waals surface area contributed by atoms with E-state index in [9.17, 15) is 0 Å². The highest BCUT2D eigenvalue weighted by Crippen LogP contribution is 2.13. The Hall–Kier alpha value is -0.840. The van der Waals surface area contributed by atoms with Crippen LogP contribution in [0.5, 0.6) is 0 Å². The Kier molecular flexibility index (Phi) is 5.52. The highest BCUT2D eigenvalue weighted by atomic mass is 35.5. The molecule has 0 bridgehead atoms. The van der Waals surface area contributed by atoms with Gasteiger partial charge in [-0.05, 0) is 22.6 Å². The van der Waals surface area contributed by atoms with Crippen molar-refractivity contribution in [1.82, 2.24) is 0 Å². The third-order valence-electron chi connectivity index (χ3n) is 2.45. The van der Waals surface area contributed by atoms with Gasteiger partial charge in [0.2, 0.25) is 0 Å². The Bertz CT molecular complexity index is 426. The number of benzene rings is 2. The SMILES string of the molecule is CCc1ccccc1Pc1ccccc1.Cl. The zero-order valence-corrected chi connectivity index (χ0v) is 11.1. The molecule has 0 spiro atoms. The molecule has 1 atom stereocenters. The fraction of sp³-hybridized carbons (Fsp3) is 0.143. The molecule has 0 radical (unpaired) electrons. The van der Waals surface area contributed by atoms with Gasteiger partial charge < -0.3 is 0 Å². The summed E-state index contributed by atoms with van der Waals surface area (Å²) < 4.78 is 0. The van der Waals surface area contributed by atoms with Crippen LogP contribution in [0.15, 0.2) is 54.6 Å². The maximum Gasteiger partial charge on any atom is -0.0194 e. The number of rotatable bonds is 3. The van der Waals surface area contributed by atoms with Crippen LogP contribution in [0, 0.1) is 0 Å². The molecule has 0 amide bonds. The lowest BCUT2D eigenvalue weighted by molar-refractivity contribution is 1.15.